The van der Waals surface area contributed by atoms with Crippen LogP contribution in [0.1, 0.15) is 12.3 Å². The number of hydrogen-bond donors (Lipinski definition) is 1. The van der Waals surface area contributed by atoms with E-state index in [-0.39, 0.29) is 6.10 Å². The monoisotopic (exact) mass is 279 g/mol. The van der Waals surface area contributed by atoms with Crippen molar-refractivity contribution in [2.75, 3.05) is 13.1 Å². The second kappa shape index (κ2) is 5.28. The molecule has 100 valence electrons. The Kier molecular flexibility index (Phi) is 3.50. The Morgan fingerprint density at radius 2 is 2.16 bits per heavy atom. The minimum atomic E-state index is -0.237. The summed E-state index contributed by atoms with van der Waals surface area (Å²) in [7, 11) is 0. The highest BCUT2D eigenvalue weighted by Gasteiger charge is 2.22. The SMILES string of the molecule is OC1CCN(Cc2nc(-c3ccc(Cl)cc3)no2)C1. The van der Waals surface area contributed by atoms with Crippen LogP contribution in [0.2, 0.25) is 5.02 Å². The Hall–Kier alpha value is -1.43. The fraction of sp³-hybridized carbons (Fsp3) is 0.385. The lowest BCUT2D eigenvalue weighted by Gasteiger charge is -2.10. The number of halogens is 1. The maximum atomic E-state index is 9.47. The van der Waals surface area contributed by atoms with Gasteiger partial charge in [0.15, 0.2) is 0 Å². The van der Waals surface area contributed by atoms with E-state index in [1.54, 1.807) is 12.1 Å². The lowest BCUT2D eigenvalue weighted by atomic mass is 10.2. The zero-order valence-corrected chi connectivity index (χ0v) is 11.0. The van der Waals surface area contributed by atoms with Crippen LogP contribution in [0.3, 0.4) is 0 Å². The van der Waals surface area contributed by atoms with Gasteiger partial charge in [0, 0.05) is 23.7 Å². The minimum absolute atomic E-state index is 0.237. The van der Waals surface area contributed by atoms with Crippen molar-refractivity contribution in [2.24, 2.45) is 0 Å². The molecule has 3 rings (SSSR count). The standard InChI is InChI=1S/C13H14ClN3O2/c14-10-3-1-9(2-4-10)13-15-12(19-16-13)8-17-6-5-11(18)7-17/h1-4,11,18H,5-8H2. The minimum Gasteiger partial charge on any atom is -0.392 e. The quantitative estimate of drug-likeness (QED) is 0.930. The molecule has 2 heterocycles. The van der Waals surface area contributed by atoms with Gasteiger partial charge in [0.2, 0.25) is 11.7 Å². The summed E-state index contributed by atoms with van der Waals surface area (Å²) >= 11 is 5.84. The van der Waals surface area contributed by atoms with Gasteiger partial charge in [0.25, 0.3) is 0 Å². The van der Waals surface area contributed by atoms with Gasteiger partial charge in [-0.1, -0.05) is 16.8 Å². The van der Waals surface area contributed by atoms with Crippen LogP contribution in [-0.4, -0.2) is 39.3 Å². The molecule has 1 N–H and O–H groups in total. The predicted octanol–water partition coefficient (Wildman–Crippen LogP) is 1.96. The van der Waals surface area contributed by atoms with E-state index in [0.717, 1.165) is 18.5 Å². The number of aliphatic hydroxyl groups is 1. The fourth-order valence-corrected chi connectivity index (χ4v) is 2.31. The first-order valence-electron chi connectivity index (χ1n) is 6.19. The average Bonchev–Trinajstić information content (AvgIpc) is 3.00. The van der Waals surface area contributed by atoms with Crippen LogP contribution in [0, 0.1) is 0 Å². The third-order valence-corrected chi connectivity index (χ3v) is 3.43. The highest BCUT2D eigenvalue weighted by atomic mass is 35.5. The summed E-state index contributed by atoms with van der Waals surface area (Å²) in [5.74, 6) is 1.13. The van der Waals surface area contributed by atoms with Crippen LogP contribution in [0.5, 0.6) is 0 Å². The van der Waals surface area contributed by atoms with Gasteiger partial charge in [0.1, 0.15) is 0 Å². The van der Waals surface area contributed by atoms with Crippen molar-refractivity contribution in [2.45, 2.75) is 19.1 Å². The summed E-state index contributed by atoms with van der Waals surface area (Å²) in [5, 5.41) is 14.1. The summed E-state index contributed by atoms with van der Waals surface area (Å²) in [6.45, 7) is 2.11. The Balaban J connectivity index is 1.71. The summed E-state index contributed by atoms with van der Waals surface area (Å²) < 4.78 is 5.23. The van der Waals surface area contributed by atoms with Crippen LogP contribution < -0.4 is 0 Å². The number of rotatable bonds is 3. The second-order valence-corrected chi connectivity index (χ2v) is 5.13. The van der Waals surface area contributed by atoms with Crippen molar-refractivity contribution in [1.82, 2.24) is 15.0 Å². The smallest absolute Gasteiger partial charge is 0.241 e. The van der Waals surface area contributed by atoms with Gasteiger partial charge in [-0.25, -0.2) is 0 Å². The number of benzene rings is 1. The first-order chi connectivity index (χ1) is 9.20. The Morgan fingerprint density at radius 3 is 2.84 bits per heavy atom. The molecular formula is C13H14ClN3O2. The molecule has 1 unspecified atom stereocenters. The zero-order valence-electron chi connectivity index (χ0n) is 10.3. The van der Waals surface area contributed by atoms with Gasteiger partial charge in [-0.2, -0.15) is 4.98 Å². The molecule has 0 aliphatic carbocycles. The van der Waals surface area contributed by atoms with Crippen LogP contribution in [0.4, 0.5) is 0 Å². The molecule has 1 aromatic carbocycles. The number of hydrogen-bond acceptors (Lipinski definition) is 5. The summed E-state index contributed by atoms with van der Waals surface area (Å²) in [6, 6.07) is 7.31. The van der Waals surface area contributed by atoms with Gasteiger partial charge in [-0.05, 0) is 30.7 Å². The molecule has 1 atom stereocenters. The maximum absolute atomic E-state index is 9.47. The molecule has 0 amide bonds. The average molecular weight is 280 g/mol. The number of likely N-dealkylation sites (tertiary alicyclic amines) is 1. The van der Waals surface area contributed by atoms with Crippen molar-refractivity contribution < 1.29 is 9.63 Å². The molecule has 2 aromatic rings. The largest absolute Gasteiger partial charge is 0.392 e. The lowest BCUT2D eigenvalue weighted by Crippen LogP contribution is -2.21. The Morgan fingerprint density at radius 1 is 1.37 bits per heavy atom. The highest BCUT2D eigenvalue weighted by Crippen LogP contribution is 2.19. The molecule has 1 fully saturated rings. The predicted molar refractivity (Wildman–Crippen MR) is 70.6 cm³/mol. The third kappa shape index (κ3) is 2.94. The van der Waals surface area contributed by atoms with Gasteiger partial charge < -0.3 is 9.63 Å². The Bertz CT molecular complexity index is 555. The van der Waals surface area contributed by atoms with Crippen LogP contribution >= 0.6 is 11.6 Å². The lowest BCUT2D eigenvalue weighted by molar-refractivity contribution is 0.169. The molecule has 0 spiro atoms. The van der Waals surface area contributed by atoms with E-state index in [0.29, 0.717) is 29.8 Å². The van der Waals surface area contributed by atoms with E-state index in [9.17, 15) is 5.11 Å². The first kappa shape index (κ1) is 12.6. The summed E-state index contributed by atoms with van der Waals surface area (Å²) in [5.41, 5.74) is 0.876. The van der Waals surface area contributed by atoms with Crippen LogP contribution in [0.25, 0.3) is 11.4 Å². The van der Waals surface area contributed by atoms with E-state index >= 15 is 0 Å². The van der Waals surface area contributed by atoms with Crippen LogP contribution in [-0.2, 0) is 6.54 Å². The molecule has 0 radical (unpaired) electrons. The molecule has 0 bridgehead atoms. The number of aromatic nitrogens is 2. The molecule has 0 saturated carbocycles. The molecule has 5 nitrogen and oxygen atoms in total. The van der Waals surface area contributed by atoms with E-state index < -0.39 is 0 Å². The van der Waals surface area contributed by atoms with E-state index in [1.165, 1.54) is 0 Å². The highest BCUT2D eigenvalue weighted by molar-refractivity contribution is 6.30. The third-order valence-electron chi connectivity index (χ3n) is 3.18. The molecule has 1 aliphatic heterocycles. The molecule has 6 heteroatoms. The van der Waals surface area contributed by atoms with Crippen molar-refractivity contribution in [3.63, 3.8) is 0 Å². The van der Waals surface area contributed by atoms with Crippen molar-refractivity contribution >= 4 is 11.6 Å². The number of β-amino-alcohol motifs (C(OH)–C–C–N with tert-alkyl or cyclic N) is 1. The fourth-order valence-electron chi connectivity index (χ4n) is 2.18. The molecular weight excluding hydrogens is 266 g/mol. The maximum Gasteiger partial charge on any atom is 0.241 e. The molecule has 19 heavy (non-hydrogen) atoms. The van der Waals surface area contributed by atoms with Crippen LogP contribution in [0.15, 0.2) is 28.8 Å². The molecule has 1 aliphatic rings. The Labute approximate surface area is 115 Å². The molecule has 1 saturated heterocycles. The van der Waals surface area contributed by atoms with Crippen molar-refractivity contribution in [3.8, 4) is 11.4 Å². The van der Waals surface area contributed by atoms with E-state index in [4.69, 9.17) is 16.1 Å². The summed E-state index contributed by atoms with van der Waals surface area (Å²) in [6.07, 6.45) is 0.566. The van der Waals surface area contributed by atoms with Gasteiger partial charge in [-0.3, -0.25) is 4.90 Å². The topological polar surface area (TPSA) is 62.4 Å². The van der Waals surface area contributed by atoms with Crippen molar-refractivity contribution in [1.29, 1.82) is 0 Å². The van der Waals surface area contributed by atoms with E-state index in [2.05, 4.69) is 15.0 Å². The second-order valence-electron chi connectivity index (χ2n) is 4.70. The zero-order chi connectivity index (χ0) is 13.2. The van der Waals surface area contributed by atoms with Gasteiger partial charge >= 0.3 is 0 Å². The summed E-state index contributed by atoms with van der Waals surface area (Å²) in [4.78, 5) is 6.46. The van der Waals surface area contributed by atoms with Gasteiger partial charge in [-0.15, -0.1) is 0 Å². The normalized spacial score (nSPS) is 20.0. The van der Waals surface area contributed by atoms with Gasteiger partial charge in [0.05, 0.1) is 12.6 Å². The van der Waals surface area contributed by atoms with Crippen molar-refractivity contribution in [3.05, 3.63) is 35.2 Å². The molecule has 1 aromatic heterocycles. The number of aliphatic hydroxyl groups excluding tert-OH is 1. The number of nitrogens with zero attached hydrogens (tertiary/aromatic N) is 3. The van der Waals surface area contributed by atoms with E-state index in [1.807, 2.05) is 12.1 Å². The first-order valence-corrected chi connectivity index (χ1v) is 6.57.